The number of unbranched alkanes of at least 4 members (excludes halogenated alkanes) is 2. The molecule has 14 heavy (non-hydrogen) atoms. The molecule has 0 spiro atoms. The molecule has 0 aromatic carbocycles. The van der Waals surface area contributed by atoms with E-state index in [0.29, 0.717) is 13.2 Å². The highest BCUT2D eigenvalue weighted by molar-refractivity contribution is 4.25. The van der Waals surface area contributed by atoms with Crippen molar-refractivity contribution in [3.05, 3.63) is 0 Å². The van der Waals surface area contributed by atoms with E-state index in [1.807, 2.05) is 13.8 Å². The van der Waals surface area contributed by atoms with Crippen LogP contribution in [0.5, 0.6) is 0 Å². The summed E-state index contributed by atoms with van der Waals surface area (Å²) in [5.41, 5.74) is 0. The van der Waals surface area contributed by atoms with Crippen LogP contribution in [-0.4, -0.2) is 13.2 Å². The second-order valence-corrected chi connectivity index (χ2v) is 2.62. The first-order valence-electron chi connectivity index (χ1n) is 4.82. The van der Waals surface area contributed by atoms with Crippen molar-refractivity contribution in [1.29, 1.82) is 0 Å². The minimum Gasteiger partial charge on any atom is -0.204 e. The highest BCUT2D eigenvalue weighted by Crippen LogP contribution is 1.93. The molecule has 0 bridgehead atoms. The van der Waals surface area contributed by atoms with Gasteiger partial charge in [0, 0.05) is 0 Å². The van der Waals surface area contributed by atoms with Crippen LogP contribution in [0, 0.1) is 0 Å². The van der Waals surface area contributed by atoms with Gasteiger partial charge in [0.2, 0.25) is 0 Å². The first kappa shape index (κ1) is 13.8. The van der Waals surface area contributed by atoms with Gasteiger partial charge in [0.15, 0.2) is 0 Å². The van der Waals surface area contributed by atoms with Crippen LogP contribution >= 0.6 is 0 Å². The third kappa shape index (κ3) is 11.8. The van der Waals surface area contributed by atoms with Crippen molar-refractivity contribution in [2.24, 2.45) is 0 Å². The van der Waals surface area contributed by atoms with Gasteiger partial charge in [-0.05, 0) is 33.0 Å². The predicted molar refractivity (Wildman–Crippen MR) is 46.1 cm³/mol. The van der Waals surface area contributed by atoms with Gasteiger partial charge in [0.25, 0.3) is 0 Å². The molecule has 0 aliphatic carbocycles. The quantitative estimate of drug-likeness (QED) is 0.296. The zero-order valence-electron chi connectivity index (χ0n) is 8.69. The van der Waals surface area contributed by atoms with Crippen molar-refractivity contribution in [3.63, 3.8) is 0 Å². The summed E-state index contributed by atoms with van der Waals surface area (Å²) < 4.78 is 0. The van der Waals surface area contributed by atoms with Crippen LogP contribution in [0.15, 0.2) is 0 Å². The van der Waals surface area contributed by atoms with Crippen LogP contribution in [0.4, 0.5) is 0 Å². The van der Waals surface area contributed by atoms with Gasteiger partial charge in [-0.25, -0.2) is 9.78 Å². The van der Waals surface area contributed by atoms with Gasteiger partial charge in [0.05, 0.1) is 13.2 Å². The Bertz CT molecular complexity index is 87.8. The van der Waals surface area contributed by atoms with Crippen molar-refractivity contribution in [2.45, 2.75) is 39.5 Å². The fourth-order valence-electron chi connectivity index (χ4n) is 0.537. The van der Waals surface area contributed by atoms with Gasteiger partial charge in [-0.1, -0.05) is 26.7 Å². The van der Waals surface area contributed by atoms with Crippen LogP contribution in [0.25, 0.3) is 0 Å². The SMILES string of the molecule is CCCCOOOOOOCCCC. The topological polar surface area (TPSA) is 55.4 Å². The average molecular weight is 210 g/mol. The highest BCUT2D eigenvalue weighted by Gasteiger charge is 1.93. The molecule has 0 saturated carbocycles. The predicted octanol–water partition coefficient (Wildman–Crippen LogP) is 2.26. The van der Waals surface area contributed by atoms with E-state index in [2.05, 4.69) is 29.9 Å². The Hall–Kier alpha value is -0.240. The van der Waals surface area contributed by atoms with E-state index in [9.17, 15) is 0 Å². The van der Waals surface area contributed by atoms with Crippen molar-refractivity contribution >= 4 is 0 Å². The van der Waals surface area contributed by atoms with Crippen molar-refractivity contribution in [3.8, 4) is 0 Å². The van der Waals surface area contributed by atoms with Crippen LogP contribution in [0.2, 0.25) is 0 Å². The van der Waals surface area contributed by atoms with E-state index in [4.69, 9.17) is 0 Å². The third-order valence-corrected chi connectivity index (χ3v) is 1.34. The molecule has 0 aliphatic heterocycles. The van der Waals surface area contributed by atoms with Crippen molar-refractivity contribution in [2.75, 3.05) is 13.2 Å². The van der Waals surface area contributed by atoms with Gasteiger partial charge >= 0.3 is 0 Å². The fraction of sp³-hybridized carbons (Fsp3) is 1.00. The van der Waals surface area contributed by atoms with Gasteiger partial charge in [-0.3, -0.25) is 0 Å². The lowest BCUT2D eigenvalue weighted by Gasteiger charge is -2.00. The molecule has 6 heteroatoms. The van der Waals surface area contributed by atoms with Gasteiger partial charge in [-0.2, -0.15) is 0 Å². The normalized spacial score (nSPS) is 10.7. The molecule has 0 aromatic heterocycles. The lowest BCUT2D eigenvalue weighted by Crippen LogP contribution is -2.02. The summed E-state index contributed by atoms with van der Waals surface area (Å²) in [6.07, 6.45) is 3.80. The summed E-state index contributed by atoms with van der Waals surface area (Å²) in [5, 5.41) is 16.2. The zero-order chi connectivity index (χ0) is 10.5. The average Bonchev–Trinajstić information content (AvgIpc) is 2.21. The molecule has 0 rings (SSSR count). The van der Waals surface area contributed by atoms with E-state index in [1.54, 1.807) is 0 Å². The molecule has 0 fully saturated rings. The minimum atomic E-state index is 0.441. The molecule has 0 aliphatic rings. The maximum Gasteiger partial charge on any atom is 0.0854 e. The first-order valence-corrected chi connectivity index (χ1v) is 4.82. The molecule has 86 valence electrons. The minimum absolute atomic E-state index is 0.441. The Labute approximate surface area is 83.6 Å². The Morgan fingerprint density at radius 3 is 1.43 bits per heavy atom. The molecule has 0 radical (unpaired) electrons. The Balaban J connectivity index is 2.78. The fourth-order valence-corrected chi connectivity index (χ4v) is 0.537. The molecule has 0 unspecified atom stereocenters. The van der Waals surface area contributed by atoms with Crippen LogP contribution in [0.3, 0.4) is 0 Å². The Kier molecular flexibility index (Phi) is 12.5. The van der Waals surface area contributed by atoms with Gasteiger partial charge < -0.3 is 0 Å². The number of rotatable bonds is 11. The van der Waals surface area contributed by atoms with Crippen LogP contribution in [0.1, 0.15) is 39.5 Å². The van der Waals surface area contributed by atoms with Crippen molar-refractivity contribution < 1.29 is 29.9 Å². The third-order valence-electron chi connectivity index (χ3n) is 1.34. The molecular formula is C8H18O6. The monoisotopic (exact) mass is 210 g/mol. The maximum absolute atomic E-state index is 4.52. The van der Waals surface area contributed by atoms with E-state index < -0.39 is 0 Å². The van der Waals surface area contributed by atoms with Crippen LogP contribution in [-0.2, 0) is 29.9 Å². The van der Waals surface area contributed by atoms with Gasteiger partial charge in [0.1, 0.15) is 0 Å². The van der Waals surface area contributed by atoms with Gasteiger partial charge in [-0.15, -0.1) is 0 Å². The molecule has 0 N–H and O–H groups in total. The summed E-state index contributed by atoms with van der Waals surface area (Å²) >= 11 is 0. The molecule has 6 nitrogen and oxygen atoms in total. The van der Waals surface area contributed by atoms with Crippen LogP contribution < -0.4 is 0 Å². The molecule has 0 heterocycles. The molecule has 0 aromatic rings. The number of hydrogen-bond acceptors (Lipinski definition) is 6. The van der Waals surface area contributed by atoms with E-state index in [0.717, 1.165) is 25.7 Å². The Morgan fingerprint density at radius 1 is 0.643 bits per heavy atom. The molecule has 0 atom stereocenters. The largest absolute Gasteiger partial charge is 0.204 e. The summed E-state index contributed by atoms with van der Waals surface area (Å²) in [6, 6.07) is 0. The summed E-state index contributed by atoms with van der Waals surface area (Å²) in [4.78, 5) is 9.04. The van der Waals surface area contributed by atoms with E-state index in [-0.39, 0.29) is 0 Å². The maximum atomic E-state index is 4.52. The second kappa shape index (κ2) is 12.8. The summed E-state index contributed by atoms with van der Waals surface area (Å²) in [5.74, 6) is 0. The van der Waals surface area contributed by atoms with Crippen molar-refractivity contribution in [1.82, 2.24) is 0 Å². The van der Waals surface area contributed by atoms with E-state index >= 15 is 0 Å². The zero-order valence-corrected chi connectivity index (χ0v) is 8.69. The Morgan fingerprint density at radius 2 is 1.07 bits per heavy atom. The highest BCUT2D eigenvalue weighted by atomic mass is 17.8. The summed E-state index contributed by atoms with van der Waals surface area (Å²) in [6.45, 7) is 4.95. The lowest BCUT2D eigenvalue weighted by atomic mass is 10.4. The second-order valence-electron chi connectivity index (χ2n) is 2.62. The number of hydrogen-bond donors (Lipinski definition) is 0. The molecular weight excluding hydrogens is 192 g/mol. The van der Waals surface area contributed by atoms with E-state index in [1.165, 1.54) is 0 Å². The lowest BCUT2D eigenvalue weighted by molar-refractivity contribution is -0.756. The standard InChI is InChI=1S/C8H18O6/c1-3-5-7-9-11-13-14-12-10-8-6-4-2/h3-8H2,1-2H3. The first-order chi connectivity index (χ1) is 6.91. The summed E-state index contributed by atoms with van der Waals surface area (Å²) in [7, 11) is 0. The molecule has 0 amide bonds. The molecule has 0 saturated heterocycles. The smallest absolute Gasteiger partial charge is 0.0854 e.